The van der Waals surface area contributed by atoms with E-state index in [1.165, 1.54) is 4.68 Å². The Labute approximate surface area is 105 Å². The molecule has 0 aliphatic rings. The van der Waals surface area contributed by atoms with E-state index in [1.54, 1.807) is 43.3 Å². The lowest BCUT2D eigenvalue weighted by Crippen LogP contribution is -2.13. The van der Waals surface area contributed by atoms with Crippen molar-refractivity contribution >= 4 is 9.84 Å². The Bertz CT molecular complexity index is 647. The lowest BCUT2D eigenvalue weighted by atomic mass is 10.3. The Balaban J connectivity index is 2.46. The number of sulfone groups is 1. The number of para-hydroxylation sites is 1. The summed E-state index contributed by atoms with van der Waals surface area (Å²) in [5.74, 6) is -0.114. The second-order valence-electron chi connectivity index (χ2n) is 3.56. The highest BCUT2D eigenvalue weighted by Crippen LogP contribution is 2.12. The van der Waals surface area contributed by atoms with Gasteiger partial charge in [0, 0.05) is 0 Å². The van der Waals surface area contributed by atoms with Crippen molar-refractivity contribution in [3.8, 4) is 5.69 Å². The van der Waals surface area contributed by atoms with Crippen molar-refractivity contribution in [3.63, 3.8) is 0 Å². The minimum Gasteiger partial charge on any atom is -0.220 e. The highest BCUT2D eigenvalue weighted by Gasteiger charge is 2.22. The van der Waals surface area contributed by atoms with Crippen LogP contribution in [0.3, 0.4) is 0 Å². The average molecular weight is 264 g/mol. The third-order valence-corrected chi connectivity index (χ3v) is 3.71. The zero-order valence-electron chi connectivity index (χ0n) is 9.76. The van der Waals surface area contributed by atoms with E-state index in [0.717, 1.165) is 0 Å². The smallest absolute Gasteiger partial charge is 0.220 e. The lowest BCUT2D eigenvalue weighted by molar-refractivity contribution is 0.583. The van der Waals surface area contributed by atoms with Crippen LogP contribution in [0.2, 0.25) is 0 Å². The van der Waals surface area contributed by atoms with Gasteiger partial charge in [0.25, 0.3) is 5.16 Å². The maximum Gasteiger partial charge on any atom is 0.272 e. The van der Waals surface area contributed by atoms with Crippen molar-refractivity contribution in [2.75, 3.05) is 5.75 Å². The van der Waals surface area contributed by atoms with Crippen molar-refractivity contribution in [2.24, 2.45) is 0 Å². The van der Waals surface area contributed by atoms with Crippen LogP contribution in [0.5, 0.6) is 0 Å². The first-order valence-electron chi connectivity index (χ1n) is 5.33. The van der Waals surface area contributed by atoms with Gasteiger partial charge in [-0.3, -0.25) is 0 Å². The van der Waals surface area contributed by atoms with Gasteiger partial charge in [-0.2, -0.15) is 4.68 Å². The van der Waals surface area contributed by atoms with Crippen LogP contribution < -0.4 is 0 Å². The highest BCUT2D eigenvalue weighted by atomic mass is 32.2. The topological polar surface area (TPSA) is 77.7 Å². The van der Waals surface area contributed by atoms with E-state index in [-0.39, 0.29) is 10.9 Å². The van der Waals surface area contributed by atoms with Gasteiger partial charge in [-0.1, -0.05) is 35.4 Å². The van der Waals surface area contributed by atoms with Crippen LogP contribution in [-0.2, 0) is 9.84 Å². The summed E-state index contributed by atoms with van der Waals surface area (Å²) in [5, 5.41) is 10.6. The summed E-state index contributed by atoms with van der Waals surface area (Å²) in [6.45, 7) is 1.76. The lowest BCUT2D eigenvalue weighted by Gasteiger charge is -2.03. The second kappa shape index (κ2) is 5.09. The summed E-state index contributed by atoms with van der Waals surface area (Å²) in [6.07, 6.45) is 3.23. The number of allylic oxidation sites excluding steroid dienone is 1. The average Bonchev–Trinajstić information content (AvgIpc) is 2.87. The van der Waals surface area contributed by atoms with Crippen LogP contribution >= 0.6 is 0 Å². The first-order valence-corrected chi connectivity index (χ1v) is 6.98. The van der Waals surface area contributed by atoms with E-state index in [1.807, 2.05) is 6.07 Å². The van der Waals surface area contributed by atoms with Crippen LogP contribution in [0.25, 0.3) is 5.69 Å². The van der Waals surface area contributed by atoms with Gasteiger partial charge < -0.3 is 0 Å². The summed E-state index contributed by atoms with van der Waals surface area (Å²) >= 11 is 0. The highest BCUT2D eigenvalue weighted by molar-refractivity contribution is 7.91. The van der Waals surface area contributed by atoms with E-state index in [0.29, 0.717) is 5.69 Å². The van der Waals surface area contributed by atoms with Crippen LogP contribution in [0.1, 0.15) is 6.92 Å². The van der Waals surface area contributed by atoms with Gasteiger partial charge in [-0.15, -0.1) is 0 Å². The molecule has 0 fully saturated rings. The van der Waals surface area contributed by atoms with E-state index in [2.05, 4.69) is 15.5 Å². The van der Waals surface area contributed by atoms with Gasteiger partial charge in [0.15, 0.2) is 0 Å². The van der Waals surface area contributed by atoms with E-state index >= 15 is 0 Å². The maximum absolute atomic E-state index is 12.0. The predicted molar refractivity (Wildman–Crippen MR) is 66.0 cm³/mol. The number of nitrogens with zero attached hydrogens (tertiary/aromatic N) is 4. The standard InChI is InChI=1S/C11H12N4O2S/c1-2-3-9-18(16,17)11-12-13-14-15(11)10-7-5-4-6-8-10/h2-8H,9H2,1H3/b3-2+. The second-order valence-corrected chi connectivity index (χ2v) is 5.49. The molecule has 1 heterocycles. The summed E-state index contributed by atoms with van der Waals surface area (Å²) in [5.41, 5.74) is 0.613. The Morgan fingerprint density at radius 3 is 2.67 bits per heavy atom. The van der Waals surface area contributed by atoms with Gasteiger partial charge in [0.2, 0.25) is 9.84 Å². The van der Waals surface area contributed by atoms with Gasteiger partial charge >= 0.3 is 0 Å². The van der Waals surface area contributed by atoms with Gasteiger partial charge in [0.05, 0.1) is 11.4 Å². The predicted octanol–water partition coefficient (Wildman–Crippen LogP) is 1.01. The third kappa shape index (κ3) is 2.45. The molecule has 0 aliphatic carbocycles. The largest absolute Gasteiger partial charge is 0.272 e. The van der Waals surface area contributed by atoms with E-state index < -0.39 is 9.84 Å². The fourth-order valence-electron chi connectivity index (χ4n) is 1.40. The molecule has 0 spiro atoms. The molecule has 0 atom stereocenters. The Morgan fingerprint density at radius 2 is 2.00 bits per heavy atom. The molecule has 0 N–H and O–H groups in total. The van der Waals surface area contributed by atoms with Crippen molar-refractivity contribution in [1.29, 1.82) is 0 Å². The number of benzene rings is 1. The van der Waals surface area contributed by atoms with E-state index in [4.69, 9.17) is 0 Å². The van der Waals surface area contributed by atoms with Crippen molar-refractivity contribution < 1.29 is 8.42 Å². The zero-order chi connectivity index (χ0) is 13.0. The first kappa shape index (κ1) is 12.4. The number of rotatable bonds is 4. The van der Waals surface area contributed by atoms with Gasteiger partial charge in [-0.05, 0) is 29.5 Å². The normalized spacial score (nSPS) is 12.1. The molecule has 0 unspecified atom stereocenters. The molecule has 2 aromatic rings. The number of aromatic nitrogens is 4. The minimum atomic E-state index is -3.52. The maximum atomic E-state index is 12.0. The van der Waals surface area contributed by atoms with Crippen molar-refractivity contribution in [1.82, 2.24) is 20.2 Å². The number of hydrogen-bond donors (Lipinski definition) is 0. The minimum absolute atomic E-state index is 0.114. The molecule has 0 bridgehead atoms. The molecule has 94 valence electrons. The molecule has 0 amide bonds. The molecule has 6 nitrogen and oxygen atoms in total. The summed E-state index contributed by atoms with van der Waals surface area (Å²) in [4.78, 5) is 0. The number of tetrazole rings is 1. The SMILES string of the molecule is C/C=C/CS(=O)(=O)c1nnnn1-c1ccccc1. The Kier molecular flexibility index (Phi) is 3.52. The molecule has 0 saturated heterocycles. The molecule has 2 rings (SSSR count). The first-order chi connectivity index (χ1) is 8.65. The Hall–Kier alpha value is -2.02. The van der Waals surface area contributed by atoms with Crippen LogP contribution in [-0.4, -0.2) is 34.4 Å². The van der Waals surface area contributed by atoms with Crippen LogP contribution in [0, 0.1) is 0 Å². The monoisotopic (exact) mass is 264 g/mol. The third-order valence-electron chi connectivity index (χ3n) is 2.27. The van der Waals surface area contributed by atoms with Crippen molar-refractivity contribution in [2.45, 2.75) is 12.1 Å². The quantitative estimate of drug-likeness (QED) is 0.770. The molecule has 18 heavy (non-hydrogen) atoms. The molecule has 1 aromatic heterocycles. The zero-order valence-corrected chi connectivity index (χ0v) is 10.6. The number of hydrogen-bond acceptors (Lipinski definition) is 5. The van der Waals surface area contributed by atoms with Gasteiger partial charge in [0.1, 0.15) is 0 Å². The molecule has 0 aliphatic heterocycles. The van der Waals surface area contributed by atoms with E-state index in [9.17, 15) is 8.42 Å². The van der Waals surface area contributed by atoms with Crippen molar-refractivity contribution in [3.05, 3.63) is 42.5 Å². The molecule has 0 radical (unpaired) electrons. The fraction of sp³-hybridized carbons (Fsp3) is 0.182. The summed E-state index contributed by atoms with van der Waals surface area (Å²) in [6, 6.07) is 8.90. The van der Waals surface area contributed by atoms with Crippen LogP contribution in [0.15, 0.2) is 47.6 Å². The molecule has 7 heteroatoms. The fourth-order valence-corrected chi connectivity index (χ4v) is 2.56. The van der Waals surface area contributed by atoms with Crippen LogP contribution in [0.4, 0.5) is 0 Å². The van der Waals surface area contributed by atoms with Gasteiger partial charge in [-0.25, -0.2) is 8.42 Å². The summed E-state index contributed by atoms with van der Waals surface area (Å²) in [7, 11) is -3.52. The Morgan fingerprint density at radius 1 is 1.28 bits per heavy atom. The molecular formula is C11H12N4O2S. The molecule has 1 aromatic carbocycles. The molecular weight excluding hydrogens is 252 g/mol. The molecule has 0 saturated carbocycles. The summed E-state index contributed by atoms with van der Waals surface area (Å²) < 4.78 is 25.3.